The van der Waals surface area contributed by atoms with E-state index in [4.69, 9.17) is 0 Å². The highest BCUT2D eigenvalue weighted by atomic mass is 16.4. The molecule has 0 aliphatic heterocycles. The monoisotopic (exact) mass is 244 g/mol. The maximum atomic E-state index is 11.4. The van der Waals surface area contributed by atoms with E-state index >= 15 is 0 Å². The third-order valence-electron chi connectivity index (χ3n) is 6.30. The minimum atomic E-state index is -1.00. The molecule has 4 fully saturated rings. The summed E-state index contributed by atoms with van der Waals surface area (Å²) >= 11 is 0. The number of allylic oxidation sites excluding steroid dienone is 2. The Morgan fingerprint density at radius 2 is 1.22 bits per heavy atom. The fourth-order valence-electron chi connectivity index (χ4n) is 6.38. The van der Waals surface area contributed by atoms with Gasteiger partial charge in [-0.05, 0) is 47.3 Å². The van der Waals surface area contributed by atoms with Crippen molar-refractivity contribution in [1.82, 2.24) is 0 Å². The van der Waals surface area contributed by atoms with Crippen LogP contribution < -0.4 is 0 Å². The van der Waals surface area contributed by atoms with Gasteiger partial charge in [-0.1, -0.05) is 12.2 Å². The van der Waals surface area contributed by atoms with Crippen LogP contribution in [0.2, 0.25) is 0 Å². The normalized spacial score (nSPS) is 56.2. The van der Waals surface area contributed by atoms with E-state index in [1.807, 2.05) is 0 Å². The number of carbonyl (C=O) groups is 2. The smallest absolute Gasteiger partial charge is 0.332 e. The zero-order chi connectivity index (χ0) is 12.3. The Bertz CT molecular complexity index is 539. The third kappa shape index (κ3) is 0.646. The summed E-state index contributed by atoms with van der Waals surface area (Å²) in [4.78, 5) is 22.8. The molecular weight excluding hydrogens is 232 g/mol. The van der Waals surface area contributed by atoms with Crippen LogP contribution in [0.4, 0.5) is 0 Å². The van der Waals surface area contributed by atoms with Gasteiger partial charge in [0.15, 0.2) is 0 Å². The molecule has 2 N–H and O–H groups in total. The molecule has 0 saturated heterocycles. The van der Waals surface area contributed by atoms with Crippen LogP contribution in [-0.4, -0.2) is 22.2 Å². The standard InChI is InChI=1S/C14H12O4/c15-13(16)11-9-6-3-1-2-4-5(3)8(9)10(7(4)6)12(11)14(17)18/h1-10H,(H,15,16)(H,17,18). The Morgan fingerprint density at radius 1 is 0.778 bits per heavy atom. The van der Waals surface area contributed by atoms with E-state index < -0.39 is 11.9 Å². The summed E-state index contributed by atoms with van der Waals surface area (Å²) in [5, 5.41) is 18.7. The molecule has 6 unspecified atom stereocenters. The fourth-order valence-corrected chi connectivity index (χ4v) is 6.38. The van der Waals surface area contributed by atoms with Gasteiger partial charge in [-0.15, -0.1) is 0 Å². The Kier molecular flexibility index (Phi) is 1.26. The summed E-state index contributed by atoms with van der Waals surface area (Å²) in [5.74, 6) is 0.824. The van der Waals surface area contributed by atoms with Crippen molar-refractivity contribution in [2.24, 2.45) is 47.3 Å². The molecule has 0 radical (unpaired) electrons. The first-order chi connectivity index (χ1) is 8.63. The van der Waals surface area contributed by atoms with Crippen LogP contribution in [0.5, 0.6) is 0 Å². The highest BCUT2D eigenvalue weighted by Crippen LogP contribution is 2.81. The fraction of sp³-hybridized carbons (Fsp3) is 0.571. The molecule has 92 valence electrons. The molecule has 4 nitrogen and oxygen atoms in total. The maximum absolute atomic E-state index is 11.4. The van der Waals surface area contributed by atoms with Crippen molar-refractivity contribution in [1.29, 1.82) is 0 Å². The van der Waals surface area contributed by atoms with Crippen molar-refractivity contribution in [3.8, 4) is 0 Å². The van der Waals surface area contributed by atoms with E-state index in [1.165, 1.54) is 0 Å². The van der Waals surface area contributed by atoms with Crippen LogP contribution in [0, 0.1) is 47.3 Å². The van der Waals surface area contributed by atoms with Crippen molar-refractivity contribution < 1.29 is 19.8 Å². The van der Waals surface area contributed by atoms with E-state index in [2.05, 4.69) is 12.2 Å². The summed E-state index contributed by atoms with van der Waals surface area (Å²) in [5.41, 5.74) is 0.472. The second kappa shape index (κ2) is 2.42. The SMILES string of the molecule is O=C(O)C1=C(C(=O)O)C2C3C4C=CC5C4C2C1C53. The highest BCUT2D eigenvalue weighted by Gasteiger charge is 2.79. The maximum Gasteiger partial charge on any atom is 0.332 e. The molecule has 0 heterocycles. The van der Waals surface area contributed by atoms with E-state index in [1.54, 1.807) is 0 Å². The van der Waals surface area contributed by atoms with Crippen molar-refractivity contribution in [2.45, 2.75) is 0 Å². The van der Waals surface area contributed by atoms with Gasteiger partial charge in [0, 0.05) is 0 Å². The van der Waals surface area contributed by atoms with Crippen LogP contribution in [-0.2, 0) is 9.59 Å². The lowest BCUT2D eigenvalue weighted by molar-refractivity contribution is -0.137. The average Bonchev–Trinajstić information content (AvgIpc) is 3.07. The van der Waals surface area contributed by atoms with Gasteiger partial charge in [-0.2, -0.15) is 0 Å². The molecule has 8 bridgehead atoms. The average molecular weight is 244 g/mol. The molecule has 4 saturated carbocycles. The molecule has 0 amide bonds. The van der Waals surface area contributed by atoms with Gasteiger partial charge in [-0.25, -0.2) is 9.59 Å². The highest BCUT2D eigenvalue weighted by molar-refractivity contribution is 6.02. The van der Waals surface area contributed by atoms with E-state index in [0.29, 0.717) is 35.5 Å². The lowest BCUT2D eigenvalue weighted by Crippen LogP contribution is -2.32. The molecule has 0 aromatic heterocycles. The minimum Gasteiger partial charge on any atom is -0.478 e. The number of hydrogen-bond donors (Lipinski definition) is 2. The largest absolute Gasteiger partial charge is 0.478 e. The Labute approximate surface area is 103 Å². The molecular formula is C14H12O4. The van der Waals surface area contributed by atoms with Gasteiger partial charge >= 0.3 is 11.9 Å². The predicted octanol–water partition coefficient (Wildman–Crippen LogP) is 1.01. The molecule has 4 heteroatoms. The van der Waals surface area contributed by atoms with Gasteiger partial charge in [0.25, 0.3) is 0 Å². The van der Waals surface area contributed by atoms with Crippen LogP contribution in [0.1, 0.15) is 0 Å². The number of rotatable bonds is 2. The quantitative estimate of drug-likeness (QED) is 0.711. The van der Waals surface area contributed by atoms with Crippen molar-refractivity contribution in [3.05, 3.63) is 23.3 Å². The molecule has 6 rings (SSSR count). The van der Waals surface area contributed by atoms with Gasteiger partial charge in [0.2, 0.25) is 0 Å². The van der Waals surface area contributed by atoms with Crippen molar-refractivity contribution >= 4 is 11.9 Å². The summed E-state index contributed by atoms with van der Waals surface area (Å²) in [7, 11) is 0. The second-order valence-electron chi connectivity index (χ2n) is 6.34. The topological polar surface area (TPSA) is 74.6 Å². The van der Waals surface area contributed by atoms with Crippen LogP contribution in [0.3, 0.4) is 0 Å². The zero-order valence-corrected chi connectivity index (χ0v) is 9.48. The van der Waals surface area contributed by atoms with Crippen LogP contribution in [0.15, 0.2) is 23.3 Å². The first-order valence-electron chi connectivity index (χ1n) is 6.52. The predicted molar refractivity (Wildman–Crippen MR) is 59.4 cm³/mol. The third-order valence-corrected chi connectivity index (χ3v) is 6.30. The Morgan fingerprint density at radius 3 is 1.61 bits per heavy atom. The van der Waals surface area contributed by atoms with Crippen molar-refractivity contribution in [3.63, 3.8) is 0 Å². The van der Waals surface area contributed by atoms with Gasteiger partial charge in [0.05, 0.1) is 11.1 Å². The van der Waals surface area contributed by atoms with Gasteiger partial charge < -0.3 is 10.2 Å². The summed E-state index contributed by atoms with van der Waals surface area (Å²) in [6, 6.07) is 0. The van der Waals surface area contributed by atoms with E-state index in [0.717, 1.165) is 0 Å². The summed E-state index contributed by atoms with van der Waals surface area (Å²) in [6.45, 7) is 0. The van der Waals surface area contributed by atoms with E-state index in [9.17, 15) is 19.8 Å². The number of hydrogen-bond acceptors (Lipinski definition) is 2. The Balaban J connectivity index is 1.75. The van der Waals surface area contributed by atoms with Crippen LogP contribution in [0.25, 0.3) is 0 Å². The summed E-state index contributed by atoms with van der Waals surface area (Å²) < 4.78 is 0. The molecule has 6 aliphatic carbocycles. The lowest BCUT2D eigenvalue weighted by atomic mass is 9.71. The minimum absolute atomic E-state index is 0.0276. The Hall–Kier alpha value is -1.58. The summed E-state index contributed by atoms with van der Waals surface area (Å²) in [6.07, 6.45) is 4.51. The van der Waals surface area contributed by atoms with E-state index in [-0.39, 0.29) is 23.0 Å². The lowest BCUT2D eigenvalue weighted by Gasteiger charge is -2.32. The zero-order valence-electron chi connectivity index (χ0n) is 9.48. The van der Waals surface area contributed by atoms with Crippen LogP contribution >= 0.6 is 0 Å². The molecule has 0 spiro atoms. The van der Waals surface area contributed by atoms with Crippen molar-refractivity contribution in [2.75, 3.05) is 0 Å². The molecule has 6 atom stereocenters. The first-order valence-corrected chi connectivity index (χ1v) is 6.52. The number of carboxylic acid groups (broad SMARTS) is 2. The number of carboxylic acids is 2. The molecule has 0 aromatic carbocycles. The first kappa shape index (κ1) is 9.36. The van der Waals surface area contributed by atoms with Gasteiger partial charge in [-0.3, -0.25) is 0 Å². The molecule has 18 heavy (non-hydrogen) atoms. The van der Waals surface area contributed by atoms with Gasteiger partial charge in [0.1, 0.15) is 0 Å². The molecule has 6 aliphatic rings. The molecule has 0 aromatic rings. The second-order valence-corrected chi connectivity index (χ2v) is 6.34. The number of aliphatic carboxylic acids is 2.